The van der Waals surface area contributed by atoms with Gasteiger partial charge in [0.2, 0.25) is 22.1 Å². The van der Waals surface area contributed by atoms with Crippen LogP contribution < -0.4 is 10.6 Å². The van der Waals surface area contributed by atoms with E-state index in [1.165, 1.54) is 29.6 Å². The van der Waals surface area contributed by atoms with E-state index in [4.69, 9.17) is 0 Å². The number of hydrogen-bond acceptors (Lipinski definition) is 8. The van der Waals surface area contributed by atoms with Crippen molar-refractivity contribution in [1.82, 2.24) is 20.4 Å². The van der Waals surface area contributed by atoms with Crippen molar-refractivity contribution in [2.24, 2.45) is 0 Å². The van der Waals surface area contributed by atoms with Crippen LogP contribution in [0.25, 0.3) is 0 Å². The van der Waals surface area contributed by atoms with E-state index in [-0.39, 0.29) is 11.8 Å². The monoisotopic (exact) mass is 380 g/mol. The third kappa shape index (κ3) is 4.57. The van der Waals surface area contributed by atoms with Gasteiger partial charge in [-0.15, -0.1) is 20.4 Å². The molecule has 0 atom stereocenters. The summed E-state index contributed by atoms with van der Waals surface area (Å²) in [6, 6.07) is 0. The van der Waals surface area contributed by atoms with E-state index in [1.54, 1.807) is 0 Å². The number of amides is 2. The van der Waals surface area contributed by atoms with Crippen LogP contribution in [0.3, 0.4) is 0 Å². The molecule has 8 nitrogen and oxygen atoms in total. The maximum Gasteiger partial charge on any atom is 0.225 e. The second-order valence-electron chi connectivity index (χ2n) is 6.02. The predicted molar refractivity (Wildman–Crippen MR) is 97.0 cm³/mol. The van der Waals surface area contributed by atoms with Crippen LogP contribution in [0.4, 0.5) is 10.3 Å². The van der Waals surface area contributed by atoms with Crippen LogP contribution in [-0.2, 0) is 9.59 Å². The predicted octanol–water partition coefficient (Wildman–Crippen LogP) is 3.14. The minimum atomic E-state index is -0.131. The second kappa shape index (κ2) is 7.96. The van der Waals surface area contributed by atoms with Crippen LogP contribution in [0.15, 0.2) is 0 Å². The first-order chi connectivity index (χ1) is 12.0. The number of rotatable bonds is 5. The normalized spacial score (nSPS) is 20.2. The summed E-state index contributed by atoms with van der Waals surface area (Å²) >= 11 is 2.92. The van der Waals surface area contributed by atoms with E-state index in [1.807, 2.05) is 6.92 Å². The Labute approximate surface area is 153 Å². The highest BCUT2D eigenvalue weighted by Gasteiger charge is 2.28. The number of carbonyl (C=O) groups excluding carboxylic acids is 2. The highest BCUT2D eigenvalue weighted by Crippen LogP contribution is 2.42. The molecule has 25 heavy (non-hydrogen) atoms. The van der Waals surface area contributed by atoms with Crippen molar-refractivity contribution in [1.29, 1.82) is 0 Å². The van der Waals surface area contributed by atoms with E-state index in [0.717, 1.165) is 35.7 Å². The first-order valence-corrected chi connectivity index (χ1v) is 9.92. The third-order valence-corrected chi connectivity index (χ3v) is 6.16. The molecule has 134 valence electrons. The molecule has 3 rings (SSSR count). The molecule has 2 N–H and O–H groups in total. The lowest BCUT2D eigenvalue weighted by atomic mass is 9.83. The summed E-state index contributed by atoms with van der Waals surface area (Å²) in [5, 5.41) is 25.1. The number of anilines is 2. The summed E-state index contributed by atoms with van der Waals surface area (Å²) in [4.78, 5) is 22.5. The Kier molecular flexibility index (Phi) is 5.69. The zero-order valence-corrected chi connectivity index (χ0v) is 15.7. The van der Waals surface area contributed by atoms with Gasteiger partial charge >= 0.3 is 0 Å². The van der Waals surface area contributed by atoms with Gasteiger partial charge in [-0.3, -0.25) is 9.59 Å². The molecule has 1 fully saturated rings. The summed E-state index contributed by atoms with van der Waals surface area (Å²) in [5.74, 6) is 0.582. The van der Waals surface area contributed by atoms with Crippen molar-refractivity contribution < 1.29 is 9.59 Å². The third-order valence-electron chi connectivity index (χ3n) is 4.16. The molecule has 2 amide bonds. The van der Waals surface area contributed by atoms with E-state index in [2.05, 4.69) is 31.0 Å². The first kappa shape index (κ1) is 17.9. The molecule has 0 unspecified atom stereocenters. The van der Waals surface area contributed by atoms with Crippen LogP contribution in [0.1, 0.15) is 67.8 Å². The molecule has 2 aromatic rings. The van der Waals surface area contributed by atoms with E-state index >= 15 is 0 Å². The number of nitrogens with one attached hydrogen (secondary N) is 2. The first-order valence-electron chi connectivity index (χ1n) is 8.29. The number of carbonyl (C=O) groups is 2. The maximum absolute atomic E-state index is 11.4. The fourth-order valence-electron chi connectivity index (χ4n) is 2.85. The van der Waals surface area contributed by atoms with Crippen LogP contribution in [-0.4, -0.2) is 32.2 Å². The molecule has 10 heteroatoms. The average molecular weight is 380 g/mol. The van der Waals surface area contributed by atoms with Crippen molar-refractivity contribution in [3.63, 3.8) is 0 Å². The summed E-state index contributed by atoms with van der Waals surface area (Å²) in [6.45, 7) is 3.27. The smallest absolute Gasteiger partial charge is 0.225 e. The largest absolute Gasteiger partial charge is 0.301 e. The zero-order valence-electron chi connectivity index (χ0n) is 14.1. The lowest BCUT2D eigenvalue weighted by Gasteiger charge is -2.25. The van der Waals surface area contributed by atoms with Crippen LogP contribution >= 0.6 is 22.7 Å². The van der Waals surface area contributed by atoms with Crippen molar-refractivity contribution in [3.8, 4) is 0 Å². The van der Waals surface area contributed by atoms with Crippen molar-refractivity contribution >= 4 is 44.8 Å². The lowest BCUT2D eigenvalue weighted by Crippen LogP contribution is -2.12. The van der Waals surface area contributed by atoms with E-state index in [9.17, 15) is 9.59 Å². The van der Waals surface area contributed by atoms with Gasteiger partial charge in [0, 0.05) is 25.2 Å². The van der Waals surface area contributed by atoms with Crippen LogP contribution in [0.5, 0.6) is 0 Å². The number of nitrogens with zero attached hydrogens (tertiary/aromatic N) is 4. The van der Waals surface area contributed by atoms with Gasteiger partial charge < -0.3 is 10.6 Å². The minimum absolute atomic E-state index is 0.0438. The molecule has 2 aromatic heterocycles. The van der Waals surface area contributed by atoms with Gasteiger partial charge in [0.15, 0.2) is 0 Å². The summed E-state index contributed by atoms with van der Waals surface area (Å²) < 4.78 is 0. The summed E-state index contributed by atoms with van der Waals surface area (Å²) in [5.41, 5.74) is 0. The highest BCUT2D eigenvalue weighted by atomic mass is 32.1. The van der Waals surface area contributed by atoms with E-state index < -0.39 is 0 Å². The quantitative estimate of drug-likeness (QED) is 0.824. The Morgan fingerprint density at radius 3 is 1.84 bits per heavy atom. The highest BCUT2D eigenvalue weighted by molar-refractivity contribution is 7.15. The van der Waals surface area contributed by atoms with E-state index in [0.29, 0.717) is 28.5 Å². The molecule has 0 aliphatic heterocycles. The summed E-state index contributed by atoms with van der Waals surface area (Å²) in [7, 11) is 0. The SMILES string of the molecule is CCC(=O)Nc1nnc(C2CCC(c3nnc(NC(C)=O)s3)CC2)s1. The van der Waals surface area contributed by atoms with Crippen molar-refractivity contribution in [2.45, 2.75) is 57.8 Å². The molecule has 1 aliphatic rings. The topological polar surface area (TPSA) is 110 Å². The Balaban J connectivity index is 1.55. The van der Waals surface area contributed by atoms with Gasteiger partial charge in [-0.05, 0) is 25.7 Å². The zero-order chi connectivity index (χ0) is 17.8. The molecule has 2 heterocycles. The maximum atomic E-state index is 11.4. The number of aromatic nitrogens is 4. The molecule has 0 saturated heterocycles. The van der Waals surface area contributed by atoms with Crippen LogP contribution in [0.2, 0.25) is 0 Å². The minimum Gasteiger partial charge on any atom is -0.301 e. The van der Waals surface area contributed by atoms with Gasteiger partial charge in [0.25, 0.3) is 0 Å². The Morgan fingerprint density at radius 2 is 1.40 bits per heavy atom. The van der Waals surface area contributed by atoms with Crippen LogP contribution in [0, 0.1) is 0 Å². The van der Waals surface area contributed by atoms with Gasteiger partial charge in [0.1, 0.15) is 10.0 Å². The second-order valence-corrected chi connectivity index (χ2v) is 8.04. The Bertz CT molecular complexity index is 751. The standard InChI is InChI=1S/C15H20N6O2S2/c1-3-11(23)17-15-21-19-13(25-15)10-6-4-9(5-7-10)12-18-20-14(24-12)16-8(2)22/h9-10H,3-7H2,1-2H3,(H,16,20,22)(H,17,21,23). The fraction of sp³-hybridized carbons (Fsp3) is 0.600. The Morgan fingerprint density at radius 1 is 0.920 bits per heavy atom. The van der Waals surface area contributed by atoms with Gasteiger partial charge in [-0.25, -0.2) is 0 Å². The van der Waals surface area contributed by atoms with Gasteiger partial charge in [0.05, 0.1) is 0 Å². The molecule has 1 saturated carbocycles. The van der Waals surface area contributed by atoms with Crippen molar-refractivity contribution in [2.75, 3.05) is 10.6 Å². The molecule has 0 bridgehead atoms. The van der Waals surface area contributed by atoms with Crippen molar-refractivity contribution in [3.05, 3.63) is 10.0 Å². The molecular formula is C15H20N6O2S2. The Hall–Kier alpha value is -1.94. The average Bonchev–Trinajstić information content (AvgIpc) is 3.24. The molecule has 0 radical (unpaired) electrons. The van der Waals surface area contributed by atoms with Gasteiger partial charge in [-0.1, -0.05) is 29.6 Å². The summed E-state index contributed by atoms with van der Waals surface area (Å²) in [6.07, 6.45) is 4.47. The van der Waals surface area contributed by atoms with Gasteiger partial charge in [-0.2, -0.15) is 0 Å². The molecule has 1 aliphatic carbocycles. The molecule has 0 aromatic carbocycles. The number of hydrogen-bond donors (Lipinski definition) is 2. The lowest BCUT2D eigenvalue weighted by molar-refractivity contribution is -0.116. The fourth-order valence-corrected chi connectivity index (χ4v) is 4.73. The molecule has 0 spiro atoms. The molecular weight excluding hydrogens is 360 g/mol.